The Balaban J connectivity index is 1.66. The van der Waals surface area contributed by atoms with Gasteiger partial charge in [0.15, 0.2) is 0 Å². The van der Waals surface area contributed by atoms with Crippen molar-refractivity contribution in [1.82, 2.24) is 0 Å². The van der Waals surface area contributed by atoms with E-state index in [-0.39, 0.29) is 5.60 Å². The topological polar surface area (TPSA) is 29.5 Å². The Hall–Kier alpha value is -1.18. The van der Waals surface area contributed by atoms with Gasteiger partial charge in [0.05, 0.1) is 0 Å². The van der Waals surface area contributed by atoms with Gasteiger partial charge >= 0.3 is 0 Å². The van der Waals surface area contributed by atoms with Gasteiger partial charge in [0.1, 0.15) is 17.1 Å². The highest BCUT2D eigenvalue weighted by molar-refractivity contribution is 5.53. The molecule has 0 bridgehead atoms. The molecule has 1 aliphatic heterocycles. The molecule has 0 amide bonds. The van der Waals surface area contributed by atoms with Crippen LogP contribution in [-0.4, -0.2) is 10.7 Å². The lowest BCUT2D eigenvalue weighted by molar-refractivity contribution is 0.0514. The minimum absolute atomic E-state index is 0.0582. The van der Waals surface area contributed by atoms with Crippen LogP contribution < -0.4 is 4.74 Å². The van der Waals surface area contributed by atoms with Crippen LogP contribution >= 0.6 is 0 Å². The number of benzene rings is 1. The summed E-state index contributed by atoms with van der Waals surface area (Å²) in [4.78, 5) is 0. The summed E-state index contributed by atoms with van der Waals surface area (Å²) in [5.41, 5.74) is 3.17. The van der Waals surface area contributed by atoms with Gasteiger partial charge in [0, 0.05) is 0 Å². The number of phenolic OH excluding ortho intramolecular Hbond substituents is 1. The average molecular weight is 403 g/mol. The van der Waals surface area contributed by atoms with Gasteiger partial charge in [-0.15, -0.1) is 0 Å². The Morgan fingerprint density at radius 3 is 2.24 bits per heavy atom. The second-order valence-electron chi connectivity index (χ2n) is 10.4. The molecule has 1 aliphatic rings. The molecular weight excluding hydrogens is 356 g/mol. The highest BCUT2D eigenvalue weighted by Gasteiger charge is 2.32. The Morgan fingerprint density at radius 1 is 0.931 bits per heavy atom. The molecule has 0 spiro atoms. The summed E-state index contributed by atoms with van der Waals surface area (Å²) in [5, 5.41) is 10.1. The maximum Gasteiger partial charge on any atom is 0.126 e. The van der Waals surface area contributed by atoms with Crippen molar-refractivity contribution in [3.8, 4) is 11.5 Å². The Morgan fingerprint density at radius 2 is 1.55 bits per heavy atom. The molecule has 0 aliphatic carbocycles. The van der Waals surface area contributed by atoms with Gasteiger partial charge in [-0.1, -0.05) is 72.1 Å². The minimum Gasteiger partial charge on any atom is -0.508 e. The summed E-state index contributed by atoms with van der Waals surface area (Å²) in [5.74, 6) is 3.12. The number of unbranched alkanes of at least 4 members (excludes halogenated alkanes) is 4. The first kappa shape index (κ1) is 24.1. The molecule has 2 nitrogen and oxygen atoms in total. The van der Waals surface area contributed by atoms with E-state index in [0.717, 1.165) is 48.0 Å². The summed E-state index contributed by atoms with van der Waals surface area (Å²) in [6.07, 6.45) is 15.6. The van der Waals surface area contributed by atoms with Crippen LogP contribution in [0.4, 0.5) is 0 Å². The maximum absolute atomic E-state index is 10.1. The maximum atomic E-state index is 10.1. The molecule has 29 heavy (non-hydrogen) atoms. The van der Waals surface area contributed by atoms with Crippen molar-refractivity contribution in [2.45, 2.75) is 124 Å². The lowest BCUT2D eigenvalue weighted by Gasteiger charge is -2.37. The van der Waals surface area contributed by atoms with Crippen LogP contribution in [0.1, 0.15) is 115 Å². The molecule has 2 rings (SSSR count). The fourth-order valence-corrected chi connectivity index (χ4v) is 4.69. The van der Waals surface area contributed by atoms with E-state index in [9.17, 15) is 5.11 Å². The van der Waals surface area contributed by atoms with Gasteiger partial charge in [0.2, 0.25) is 0 Å². The van der Waals surface area contributed by atoms with Crippen LogP contribution in [0.3, 0.4) is 0 Å². The number of aromatic hydroxyl groups is 1. The fourth-order valence-electron chi connectivity index (χ4n) is 4.69. The number of ether oxygens (including phenoxy) is 1. The van der Waals surface area contributed by atoms with E-state index in [1.807, 2.05) is 13.0 Å². The SMILES string of the molecule is Cc1c(O)cc2c(c1C)O[C@](C)(CCC[C@H](C)CCCCCCCC(C)C)CC2. The van der Waals surface area contributed by atoms with Crippen LogP contribution in [0.5, 0.6) is 11.5 Å². The van der Waals surface area contributed by atoms with E-state index in [1.54, 1.807) is 0 Å². The third-order valence-electron chi connectivity index (χ3n) is 7.04. The first-order valence-corrected chi connectivity index (χ1v) is 12.2. The van der Waals surface area contributed by atoms with Crippen LogP contribution in [-0.2, 0) is 6.42 Å². The molecule has 0 aromatic heterocycles. The lowest BCUT2D eigenvalue weighted by Crippen LogP contribution is -2.36. The zero-order valence-corrected chi connectivity index (χ0v) is 20.1. The first-order chi connectivity index (χ1) is 13.7. The predicted molar refractivity (Wildman–Crippen MR) is 125 cm³/mol. The smallest absolute Gasteiger partial charge is 0.126 e. The van der Waals surface area contributed by atoms with Gasteiger partial charge in [-0.2, -0.15) is 0 Å². The van der Waals surface area contributed by atoms with Crippen LogP contribution in [0.25, 0.3) is 0 Å². The number of aryl methyl sites for hydroxylation is 1. The second kappa shape index (κ2) is 11.3. The largest absolute Gasteiger partial charge is 0.508 e. The van der Waals surface area contributed by atoms with Gasteiger partial charge in [0.25, 0.3) is 0 Å². The predicted octanol–water partition coefficient (Wildman–Crippen LogP) is 8.29. The molecule has 1 N–H and O–H groups in total. The molecule has 0 saturated heterocycles. The molecule has 2 atom stereocenters. The van der Waals surface area contributed by atoms with Crippen molar-refractivity contribution >= 4 is 0 Å². The Kier molecular flexibility index (Phi) is 9.37. The number of hydrogen-bond acceptors (Lipinski definition) is 2. The summed E-state index contributed by atoms with van der Waals surface area (Å²) < 4.78 is 6.51. The molecule has 166 valence electrons. The first-order valence-electron chi connectivity index (χ1n) is 12.2. The van der Waals surface area contributed by atoms with Crippen LogP contribution in [0.15, 0.2) is 6.07 Å². The monoisotopic (exact) mass is 402 g/mol. The summed E-state index contributed by atoms with van der Waals surface area (Å²) >= 11 is 0. The summed E-state index contributed by atoms with van der Waals surface area (Å²) in [6.45, 7) is 13.4. The van der Waals surface area contributed by atoms with Crippen LogP contribution in [0, 0.1) is 25.7 Å². The second-order valence-corrected chi connectivity index (χ2v) is 10.4. The molecule has 2 heteroatoms. The van der Waals surface area contributed by atoms with Crippen molar-refractivity contribution in [2.24, 2.45) is 11.8 Å². The zero-order chi connectivity index (χ0) is 21.4. The van der Waals surface area contributed by atoms with E-state index in [2.05, 4.69) is 34.6 Å². The number of hydrogen-bond donors (Lipinski definition) is 1. The molecular formula is C27H46O2. The Bertz CT molecular complexity index is 634. The van der Waals surface area contributed by atoms with Crippen molar-refractivity contribution in [1.29, 1.82) is 0 Å². The number of rotatable bonds is 12. The summed E-state index contributed by atoms with van der Waals surface area (Å²) in [7, 11) is 0. The average Bonchev–Trinajstić information content (AvgIpc) is 2.66. The lowest BCUT2D eigenvalue weighted by atomic mass is 9.85. The van der Waals surface area contributed by atoms with E-state index >= 15 is 0 Å². The molecule has 0 unspecified atom stereocenters. The summed E-state index contributed by atoms with van der Waals surface area (Å²) in [6, 6.07) is 1.90. The van der Waals surface area contributed by atoms with Crippen molar-refractivity contribution < 1.29 is 9.84 Å². The van der Waals surface area contributed by atoms with E-state index in [0.29, 0.717) is 5.75 Å². The van der Waals surface area contributed by atoms with Gasteiger partial charge in [-0.05, 0) is 81.0 Å². The molecule has 1 aromatic carbocycles. The third kappa shape index (κ3) is 7.54. The molecule has 0 fully saturated rings. The molecule has 1 aromatic rings. The standard InChI is InChI=1S/C27H46O2/c1-20(2)13-10-8-7-9-11-14-21(3)15-12-17-27(6)18-16-24-19-25(28)22(4)23(5)26(24)29-27/h19-21,28H,7-18H2,1-6H3/t21-,27-/m1/s1. The normalized spacial score (nSPS) is 19.8. The van der Waals surface area contributed by atoms with Gasteiger partial charge in [-0.25, -0.2) is 0 Å². The van der Waals surface area contributed by atoms with Crippen molar-refractivity contribution in [3.63, 3.8) is 0 Å². The van der Waals surface area contributed by atoms with Crippen molar-refractivity contribution in [3.05, 3.63) is 22.8 Å². The highest BCUT2D eigenvalue weighted by atomic mass is 16.5. The molecule has 0 saturated carbocycles. The zero-order valence-electron chi connectivity index (χ0n) is 20.1. The third-order valence-corrected chi connectivity index (χ3v) is 7.04. The Labute approximate surface area is 180 Å². The van der Waals surface area contributed by atoms with E-state index in [4.69, 9.17) is 4.74 Å². The van der Waals surface area contributed by atoms with Gasteiger partial charge < -0.3 is 9.84 Å². The minimum atomic E-state index is -0.0582. The molecule has 1 heterocycles. The van der Waals surface area contributed by atoms with Crippen LogP contribution in [0.2, 0.25) is 0 Å². The van der Waals surface area contributed by atoms with E-state index in [1.165, 1.54) is 63.4 Å². The fraction of sp³-hybridized carbons (Fsp3) is 0.778. The van der Waals surface area contributed by atoms with E-state index < -0.39 is 0 Å². The highest BCUT2D eigenvalue weighted by Crippen LogP contribution is 2.42. The number of phenols is 1. The quantitative estimate of drug-likeness (QED) is 0.356. The number of fused-ring (bicyclic) bond motifs is 1. The van der Waals surface area contributed by atoms with Crippen molar-refractivity contribution in [2.75, 3.05) is 0 Å². The van der Waals surface area contributed by atoms with Gasteiger partial charge in [-0.3, -0.25) is 0 Å². The molecule has 0 radical (unpaired) electrons.